The molecule has 3 atom stereocenters. The molecule has 154 valence electrons. The third-order valence-corrected chi connectivity index (χ3v) is 8.44. The van der Waals surface area contributed by atoms with Crippen LogP contribution in [0.15, 0.2) is 24.4 Å². The van der Waals surface area contributed by atoms with Gasteiger partial charge < -0.3 is 15.5 Å². The Morgan fingerprint density at radius 1 is 1.18 bits per heavy atom. The fourth-order valence-corrected chi connectivity index (χ4v) is 6.39. The molecule has 2 aliphatic carbocycles. The second kappa shape index (κ2) is 8.51. The van der Waals surface area contributed by atoms with Crippen molar-refractivity contribution in [3.8, 4) is 0 Å². The minimum Gasteiger partial charge on any atom is -0.362 e. The van der Waals surface area contributed by atoms with Gasteiger partial charge in [-0.15, -0.1) is 0 Å². The highest BCUT2D eigenvalue weighted by Crippen LogP contribution is 2.44. The molecule has 4 rings (SSSR count). The molecule has 28 heavy (non-hydrogen) atoms. The summed E-state index contributed by atoms with van der Waals surface area (Å²) in [5.41, 5.74) is 0. The van der Waals surface area contributed by atoms with Gasteiger partial charge in [0.1, 0.15) is 5.82 Å². The lowest BCUT2D eigenvalue weighted by Gasteiger charge is -2.34. The number of thiocarbonyl (C=S) groups is 1. The van der Waals surface area contributed by atoms with Crippen LogP contribution in [-0.4, -0.2) is 67.3 Å². The van der Waals surface area contributed by atoms with Crippen molar-refractivity contribution < 1.29 is 8.42 Å². The van der Waals surface area contributed by atoms with Crippen molar-refractivity contribution in [1.82, 2.24) is 19.9 Å². The maximum absolute atomic E-state index is 12.6. The zero-order valence-corrected chi connectivity index (χ0v) is 17.7. The molecule has 0 radical (unpaired) electrons. The summed E-state index contributed by atoms with van der Waals surface area (Å²) >= 11 is 5.38. The Labute approximate surface area is 172 Å². The summed E-state index contributed by atoms with van der Waals surface area (Å²) in [5.74, 6) is 2.56. The van der Waals surface area contributed by atoms with E-state index in [0.717, 1.165) is 17.7 Å². The zero-order valence-electron chi connectivity index (χ0n) is 16.1. The number of pyridine rings is 1. The summed E-state index contributed by atoms with van der Waals surface area (Å²) in [6, 6.07) is 6.26. The quantitative estimate of drug-likeness (QED) is 0.666. The summed E-state index contributed by atoms with van der Waals surface area (Å²) < 4.78 is 26.9. The van der Waals surface area contributed by atoms with Gasteiger partial charge >= 0.3 is 0 Å². The molecule has 0 aromatic carbocycles. The van der Waals surface area contributed by atoms with E-state index in [2.05, 4.69) is 20.5 Å². The fraction of sp³-hybridized carbons (Fsp3) is 0.684. The van der Waals surface area contributed by atoms with Gasteiger partial charge in [-0.05, 0) is 55.4 Å². The molecule has 3 unspecified atom stereocenters. The molecule has 0 amide bonds. The summed E-state index contributed by atoms with van der Waals surface area (Å²) in [6.45, 7) is 2.65. The third-order valence-electron chi connectivity index (χ3n) is 6.31. The molecule has 0 spiro atoms. The van der Waals surface area contributed by atoms with E-state index in [1.54, 1.807) is 10.5 Å². The van der Waals surface area contributed by atoms with Crippen molar-refractivity contribution in [2.24, 2.45) is 11.8 Å². The number of anilines is 1. The summed E-state index contributed by atoms with van der Waals surface area (Å²) in [6.07, 6.45) is 6.93. The summed E-state index contributed by atoms with van der Waals surface area (Å²) in [7, 11) is -3.28. The van der Waals surface area contributed by atoms with Gasteiger partial charge in [0, 0.05) is 45.0 Å². The molecule has 3 aliphatic rings. The number of hydrogen-bond donors (Lipinski definition) is 2. The van der Waals surface area contributed by atoms with E-state index in [1.807, 2.05) is 18.2 Å². The second-order valence-electron chi connectivity index (χ2n) is 8.07. The van der Waals surface area contributed by atoms with Gasteiger partial charge in [0.2, 0.25) is 10.0 Å². The standard InChI is InChI=1S/C19H29N5O2S2/c25-28(26,24-10-8-23(9-11-24)18-3-1-2-6-20-18)12-7-21-19(27)22-17-14-15-4-5-16(17)13-15/h1-3,6,15-17H,4-5,7-14H2,(H2,21,22,27). The normalized spacial score (nSPS) is 27.7. The van der Waals surface area contributed by atoms with Crippen LogP contribution in [0.4, 0.5) is 5.82 Å². The monoisotopic (exact) mass is 423 g/mol. The number of fused-ring (bicyclic) bond motifs is 2. The number of hydrogen-bond acceptors (Lipinski definition) is 5. The molecule has 2 saturated carbocycles. The first-order chi connectivity index (χ1) is 13.5. The number of piperazine rings is 1. The Kier molecular flexibility index (Phi) is 6.03. The molecular weight excluding hydrogens is 394 g/mol. The van der Waals surface area contributed by atoms with Gasteiger partial charge in [0.15, 0.2) is 5.11 Å². The van der Waals surface area contributed by atoms with Crippen molar-refractivity contribution in [1.29, 1.82) is 0 Å². The van der Waals surface area contributed by atoms with Crippen LogP contribution in [0.2, 0.25) is 0 Å². The maximum atomic E-state index is 12.6. The van der Waals surface area contributed by atoms with E-state index in [0.29, 0.717) is 43.9 Å². The van der Waals surface area contributed by atoms with Gasteiger partial charge in [-0.3, -0.25) is 0 Å². The van der Waals surface area contributed by atoms with E-state index >= 15 is 0 Å². The molecule has 9 heteroatoms. The average Bonchev–Trinajstić information content (AvgIpc) is 3.32. The number of nitrogens with zero attached hydrogens (tertiary/aromatic N) is 3. The molecule has 2 bridgehead atoms. The first-order valence-corrected chi connectivity index (χ1v) is 12.2. The van der Waals surface area contributed by atoms with Crippen LogP contribution in [-0.2, 0) is 10.0 Å². The molecule has 1 saturated heterocycles. The minimum atomic E-state index is -3.28. The highest BCUT2D eigenvalue weighted by Gasteiger charge is 2.39. The van der Waals surface area contributed by atoms with E-state index in [4.69, 9.17) is 12.2 Å². The molecular formula is C19H29N5O2S2. The Morgan fingerprint density at radius 3 is 2.64 bits per heavy atom. The number of aromatic nitrogens is 1. The largest absolute Gasteiger partial charge is 0.362 e. The lowest BCUT2D eigenvalue weighted by Crippen LogP contribution is -2.51. The fourth-order valence-electron chi connectivity index (χ4n) is 4.80. The van der Waals surface area contributed by atoms with Gasteiger partial charge in [-0.1, -0.05) is 12.5 Å². The smallest absolute Gasteiger partial charge is 0.215 e. The number of rotatable bonds is 6. The molecule has 1 aromatic heterocycles. The van der Waals surface area contributed by atoms with Crippen LogP contribution in [0, 0.1) is 11.8 Å². The van der Waals surface area contributed by atoms with Gasteiger partial charge in [0.05, 0.1) is 5.75 Å². The van der Waals surface area contributed by atoms with Crippen LogP contribution in [0.1, 0.15) is 25.7 Å². The lowest BCUT2D eigenvalue weighted by atomic mass is 9.96. The summed E-state index contributed by atoms with van der Waals surface area (Å²) in [5, 5.41) is 7.08. The van der Waals surface area contributed by atoms with Gasteiger partial charge in [-0.25, -0.2) is 13.4 Å². The van der Waals surface area contributed by atoms with E-state index < -0.39 is 10.0 Å². The SMILES string of the molecule is O=S(=O)(CCNC(=S)NC1CC2CCC1C2)N1CCN(c2ccccn2)CC1. The van der Waals surface area contributed by atoms with E-state index in [1.165, 1.54) is 25.7 Å². The van der Waals surface area contributed by atoms with Gasteiger partial charge in [0.25, 0.3) is 0 Å². The molecule has 2 N–H and O–H groups in total. The number of nitrogens with one attached hydrogen (secondary N) is 2. The van der Waals surface area contributed by atoms with Crippen molar-refractivity contribution in [3.63, 3.8) is 0 Å². The molecule has 1 aliphatic heterocycles. The average molecular weight is 424 g/mol. The molecule has 1 aromatic rings. The first-order valence-electron chi connectivity index (χ1n) is 10.2. The first kappa shape index (κ1) is 19.8. The van der Waals surface area contributed by atoms with Crippen molar-refractivity contribution in [2.75, 3.05) is 43.4 Å². The van der Waals surface area contributed by atoms with Crippen LogP contribution in [0.5, 0.6) is 0 Å². The third kappa shape index (κ3) is 4.58. The van der Waals surface area contributed by atoms with Crippen LogP contribution < -0.4 is 15.5 Å². The lowest BCUT2D eigenvalue weighted by molar-refractivity contribution is 0.383. The van der Waals surface area contributed by atoms with Crippen molar-refractivity contribution >= 4 is 33.2 Å². The molecule has 2 heterocycles. The van der Waals surface area contributed by atoms with E-state index in [-0.39, 0.29) is 5.75 Å². The predicted molar refractivity (Wildman–Crippen MR) is 115 cm³/mol. The van der Waals surface area contributed by atoms with E-state index in [9.17, 15) is 8.42 Å². The van der Waals surface area contributed by atoms with Crippen LogP contribution in [0.25, 0.3) is 0 Å². The zero-order chi connectivity index (χ0) is 19.6. The Hall–Kier alpha value is -1.45. The second-order valence-corrected chi connectivity index (χ2v) is 10.6. The highest BCUT2D eigenvalue weighted by atomic mass is 32.2. The Morgan fingerprint density at radius 2 is 2.00 bits per heavy atom. The number of sulfonamides is 1. The Bertz CT molecular complexity index is 781. The van der Waals surface area contributed by atoms with Gasteiger partial charge in [-0.2, -0.15) is 4.31 Å². The van der Waals surface area contributed by atoms with Crippen LogP contribution in [0.3, 0.4) is 0 Å². The maximum Gasteiger partial charge on any atom is 0.215 e. The molecule has 7 nitrogen and oxygen atoms in total. The predicted octanol–water partition coefficient (Wildman–Crippen LogP) is 1.19. The van der Waals surface area contributed by atoms with Crippen LogP contribution >= 0.6 is 12.2 Å². The van der Waals surface area contributed by atoms with Crippen molar-refractivity contribution in [2.45, 2.75) is 31.7 Å². The Balaban J connectivity index is 1.19. The summed E-state index contributed by atoms with van der Waals surface area (Å²) in [4.78, 5) is 6.47. The highest BCUT2D eigenvalue weighted by molar-refractivity contribution is 7.89. The molecule has 3 fully saturated rings. The van der Waals surface area contributed by atoms with Crippen molar-refractivity contribution in [3.05, 3.63) is 24.4 Å². The minimum absolute atomic E-state index is 0.0646. The topological polar surface area (TPSA) is 77.6 Å².